The molecule has 2 aliphatic heterocycles. The molecular formula is C23H29N5S2. The van der Waals surface area contributed by atoms with E-state index in [9.17, 15) is 0 Å². The van der Waals surface area contributed by atoms with Crippen LogP contribution in [0.4, 0.5) is 0 Å². The fraction of sp³-hybridized carbons (Fsp3) is 0.522. The minimum Gasteiger partial charge on any atom is -0.303 e. The maximum absolute atomic E-state index is 4.93. The highest BCUT2D eigenvalue weighted by molar-refractivity contribution is 7.99. The van der Waals surface area contributed by atoms with Crippen LogP contribution in [0.15, 0.2) is 41.7 Å². The monoisotopic (exact) mass is 439 g/mol. The minimum atomic E-state index is 0.495. The van der Waals surface area contributed by atoms with Gasteiger partial charge in [0.2, 0.25) is 0 Å². The molecule has 158 valence electrons. The number of thioether (sulfide) groups is 1. The molecule has 0 amide bonds. The lowest BCUT2D eigenvalue weighted by Gasteiger charge is -2.31. The Balaban J connectivity index is 1.19. The van der Waals surface area contributed by atoms with Gasteiger partial charge < -0.3 is 4.90 Å². The first-order valence-electron chi connectivity index (χ1n) is 11.1. The van der Waals surface area contributed by atoms with Crippen molar-refractivity contribution in [3.63, 3.8) is 0 Å². The van der Waals surface area contributed by atoms with E-state index in [0.717, 1.165) is 42.6 Å². The summed E-state index contributed by atoms with van der Waals surface area (Å²) in [6, 6.07) is 10.6. The average molecular weight is 440 g/mol. The summed E-state index contributed by atoms with van der Waals surface area (Å²) >= 11 is 3.63. The molecule has 0 saturated carbocycles. The number of likely N-dealkylation sites (tertiary alicyclic amines) is 2. The lowest BCUT2D eigenvalue weighted by Crippen LogP contribution is -2.34. The van der Waals surface area contributed by atoms with Crippen LogP contribution < -0.4 is 0 Å². The third-order valence-electron chi connectivity index (χ3n) is 6.11. The molecule has 7 heteroatoms. The number of para-hydroxylation sites is 1. The number of hydrogen-bond acceptors (Lipinski definition) is 7. The predicted molar refractivity (Wildman–Crippen MR) is 125 cm³/mol. The van der Waals surface area contributed by atoms with E-state index in [1.165, 1.54) is 54.2 Å². The van der Waals surface area contributed by atoms with Crippen molar-refractivity contribution in [2.45, 2.75) is 43.3 Å². The fourth-order valence-electron chi connectivity index (χ4n) is 4.54. The topological polar surface area (TPSA) is 45.2 Å². The zero-order chi connectivity index (χ0) is 20.2. The van der Waals surface area contributed by atoms with Crippen molar-refractivity contribution in [2.24, 2.45) is 0 Å². The third kappa shape index (κ3) is 5.02. The molecule has 5 nitrogen and oxygen atoms in total. The number of rotatable bonds is 7. The lowest BCUT2D eigenvalue weighted by atomic mass is 9.94. The van der Waals surface area contributed by atoms with Gasteiger partial charge in [-0.3, -0.25) is 4.90 Å². The number of piperidine rings is 1. The van der Waals surface area contributed by atoms with Gasteiger partial charge in [-0.05, 0) is 63.5 Å². The van der Waals surface area contributed by atoms with Crippen molar-refractivity contribution in [3.8, 4) is 0 Å². The Labute approximate surface area is 186 Å². The molecule has 0 bridgehead atoms. The van der Waals surface area contributed by atoms with Gasteiger partial charge in [0, 0.05) is 36.7 Å². The Kier molecular flexibility index (Phi) is 6.60. The van der Waals surface area contributed by atoms with Crippen LogP contribution >= 0.6 is 23.1 Å². The number of fused-ring (bicyclic) bond motifs is 1. The van der Waals surface area contributed by atoms with E-state index in [2.05, 4.69) is 45.1 Å². The van der Waals surface area contributed by atoms with E-state index in [4.69, 9.17) is 9.97 Å². The smallest absolute Gasteiger partial charge is 0.187 e. The fourth-order valence-corrected chi connectivity index (χ4v) is 6.39. The molecule has 2 aromatic heterocycles. The van der Waals surface area contributed by atoms with Crippen LogP contribution in [-0.4, -0.2) is 63.2 Å². The highest BCUT2D eigenvalue weighted by Gasteiger charge is 2.23. The molecule has 4 heterocycles. The van der Waals surface area contributed by atoms with Crippen molar-refractivity contribution in [3.05, 3.63) is 47.2 Å². The van der Waals surface area contributed by atoms with Gasteiger partial charge in [-0.2, -0.15) is 0 Å². The molecule has 2 saturated heterocycles. The van der Waals surface area contributed by atoms with Gasteiger partial charge in [0.05, 0.1) is 16.8 Å². The van der Waals surface area contributed by atoms with Crippen LogP contribution in [0.25, 0.3) is 10.2 Å². The molecule has 0 unspecified atom stereocenters. The second-order valence-corrected chi connectivity index (χ2v) is 10.5. The second kappa shape index (κ2) is 9.73. The standard InChI is InChI=1S/C23H29N5S2/c1-2-8-21-20(7-1)25-22(30-21)17-28-13-5-6-18(16-28)19-9-10-24-23(26-19)29-15-14-27-11-3-4-12-27/h1-2,7-10,18H,3-6,11-17H2/t18-/m1/s1. The summed E-state index contributed by atoms with van der Waals surface area (Å²) < 4.78 is 1.28. The van der Waals surface area contributed by atoms with Crippen LogP contribution in [0, 0.1) is 0 Å². The van der Waals surface area contributed by atoms with Crippen LogP contribution in [0.3, 0.4) is 0 Å². The summed E-state index contributed by atoms with van der Waals surface area (Å²) in [7, 11) is 0. The van der Waals surface area contributed by atoms with E-state index >= 15 is 0 Å². The van der Waals surface area contributed by atoms with Crippen LogP contribution in [0.5, 0.6) is 0 Å². The van der Waals surface area contributed by atoms with Gasteiger partial charge in [-0.25, -0.2) is 15.0 Å². The maximum Gasteiger partial charge on any atom is 0.187 e. The molecular weight excluding hydrogens is 410 g/mol. The molecule has 30 heavy (non-hydrogen) atoms. The Morgan fingerprint density at radius 1 is 1.00 bits per heavy atom. The van der Waals surface area contributed by atoms with E-state index in [1.54, 1.807) is 11.8 Å². The number of hydrogen-bond donors (Lipinski definition) is 0. The second-order valence-electron chi connectivity index (χ2n) is 8.31. The number of nitrogens with zero attached hydrogens (tertiary/aromatic N) is 5. The maximum atomic E-state index is 4.93. The molecule has 2 aliphatic rings. The molecule has 2 fully saturated rings. The molecule has 0 radical (unpaired) electrons. The summed E-state index contributed by atoms with van der Waals surface area (Å²) in [5, 5.41) is 2.16. The van der Waals surface area contributed by atoms with Gasteiger partial charge in [-0.1, -0.05) is 23.9 Å². The molecule has 0 N–H and O–H groups in total. The largest absolute Gasteiger partial charge is 0.303 e. The summed E-state index contributed by atoms with van der Waals surface area (Å²) in [4.78, 5) is 19.4. The molecule has 5 rings (SSSR count). The van der Waals surface area contributed by atoms with E-state index in [1.807, 2.05) is 17.5 Å². The number of benzene rings is 1. The van der Waals surface area contributed by atoms with Crippen molar-refractivity contribution in [2.75, 3.05) is 38.5 Å². The summed E-state index contributed by atoms with van der Waals surface area (Å²) in [5.41, 5.74) is 2.33. The van der Waals surface area contributed by atoms with Gasteiger partial charge in [-0.15, -0.1) is 11.3 Å². The van der Waals surface area contributed by atoms with Crippen molar-refractivity contribution in [1.29, 1.82) is 0 Å². The Morgan fingerprint density at radius 3 is 2.77 bits per heavy atom. The summed E-state index contributed by atoms with van der Waals surface area (Å²) in [6.45, 7) is 6.82. The van der Waals surface area contributed by atoms with Gasteiger partial charge >= 0.3 is 0 Å². The van der Waals surface area contributed by atoms with Crippen molar-refractivity contribution in [1.82, 2.24) is 24.8 Å². The highest BCUT2D eigenvalue weighted by Crippen LogP contribution is 2.29. The quantitative estimate of drug-likeness (QED) is 0.394. The van der Waals surface area contributed by atoms with Crippen LogP contribution in [0.1, 0.15) is 42.3 Å². The van der Waals surface area contributed by atoms with E-state index < -0.39 is 0 Å². The molecule has 0 spiro atoms. The number of aromatic nitrogens is 3. The van der Waals surface area contributed by atoms with E-state index in [0.29, 0.717) is 5.92 Å². The predicted octanol–water partition coefficient (Wildman–Crippen LogP) is 4.65. The minimum absolute atomic E-state index is 0.495. The zero-order valence-electron chi connectivity index (χ0n) is 17.4. The third-order valence-corrected chi connectivity index (χ3v) is 7.98. The first kappa shape index (κ1) is 20.4. The molecule has 0 aliphatic carbocycles. The Hall–Kier alpha value is -1.54. The summed E-state index contributed by atoms with van der Waals surface area (Å²) in [5.74, 6) is 1.58. The SMILES string of the molecule is c1ccc2sc(CN3CCC[C@@H](c4ccnc(SCCN5CCCC5)n4)C3)nc2c1. The molecule has 1 aromatic carbocycles. The molecule has 3 aromatic rings. The number of thiazole rings is 1. The van der Waals surface area contributed by atoms with Crippen LogP contribution in [0.2, 0.25) is 0 Å². The zero-order valence-corrected chi connectivity index (χ0v) is 19.0. The first-order valence-corrected chi connectivity index (χ1v) is 12.9. The lowest BCUT2D eigenvalue weighted by molar-refractivity contribution is 0.198. The first-order chi connectivity index (χ1) is 14.8. The van der Waals surface area contributed by atoms with Gasteiger partial charge in [0.15, 0.2) is 5.16 Å². The Bertz CT molecular complexity index is 936. The Morgan fingerprint density at radius 2 is 1.87 bits per heavy atom. The molecule has 1 atom stereocenters. The van der Waals surface area contributed by atoms with Gasteiger partial charge in [0.1, 0.15) is 5.01 Å². The average Bonchev–Trinajstić information content (AvgIpc) is 3.43. The van der Waals surface area contributed by atoms with Crippen LogP contribution in [-0.2, 0) is 6.54 Å². The van der Waals surface area contributed by atoms with Gasteiger partial charge in [0.25, 0.3) is 0 Å². The highest BCUT2D eigenvalue weighted by atomic mass is 32.2. The van der Waals surface area contributed by atoms with Crippen molar-refractivity contribution >= 4 is 33.3 Å². The normalized spacial score (nSPS) is 20.9. The van der Waals surface area contributed by atoms with Crippen molar-refractivity contribution < 1.29 is 0 Å². The van der Waals surface area contributed by atoms with E-state index in [-0.39, 0.29) is 0 Å². The summed E-state index contributed by atoms with van der Waals surface area (Å²) in [6.07, 6.45) is 7.09.